The van der Waals surface area contributed by atoms with Crippen molar-refractivity contribution >= 4 is 11.9 Å². The van der Waals surface area contributed by atoms with Gasteiger partial charge < -0.3 is 19.5 Å². The lowest BCUT2D eigenvalue weighted by molar-refractivity contribution is -0.148. The van der Waals surface area contributed by atoms with Crippen LogP contribution < -0.4 is 14.8 Å². The van der Waals surface area contributed by atoms with E-state index in [4.69, 9.17) is 14.2 Å². The predicted molar refractivity (Wildman–Crippen MR) is 108 cm³/mol. The molecule has 1 amide bonds. The third-order valence-electron chi connectivity index (χ3n) is 5.33. The number of rotatable bonds is 7. The Hall–Kier alpha value is -2.24. The van der Waals surface area contributed by atoms with Crippen LogP contribution in [0, 0.1) is 11.8 Å². The number of hydrogen-bond donors (Lipinski definition) is 1. The molecule has 156 valence electrons. The molecular formula is C22H33NO5. The van der Waals surface area contributed by atoms with Gasteiger partial charge in [-0.3, -0.25) is 9.59 Å². The zero-order valence-electron chi connectivity index (χ0n) is 17.7. The van der Waals surface area contributed by atoms with Crippen LogP contribution in [-0.4, -0.2) is 39.2 Å². The summed E-state index contributed by atoms with van der Waals surface area (Å²) in [6.07, 6.45) is 3.85. The molecule has 1 aliphatic carbocycles. The van der Waals surface area contributed by atoms with Gasteiger partial charge in [-0.25, -0.2) is 0 Å². The van der Waals surface area contributed by atoms with E-state index < -0.39 is 0 Å². The number of hydrogen-bond acceptors (Lipinski definition) is 5. The van der Waals surface area contributed by atoms with Crippen molar-refractivity contribution in [3.8, 4) is 11.5 Å². The Labute approximate surface area is 167 Å². The van der Waals surface area contributed by atoms with Crippen molar-refractivity contribution in [2.75, 3.05) is 27.4 Å². The molecule has 0 heterocycles. The average molecular weight is 392 g/mol. The number of benzene rings is 1. The normalized spacial score (nSPS) is 19.6. The maximum atomic E-state index is 12.3. The van der Waals surface area contributed by atoms with Gasteiger partial charge in [-0.15, -0.1) is 0 Å². The van der Waals surface area contributed by atoms with E-state index in [0.717, 1.165) is 37.0 Å². The van der Waals surface area contributed by atoms with E-state index >= 15 is 0 Å². The third-order valence-corrected chi connectivity index (χ3v) is 5.33. The van der Waals surface area contributed by atoms with Crippen molar-refractivity contribution < 1.29 is 23.8 Å². The van der Waals surface area contributed by atoms with Gasteiger partial charge in [0.05, 0.1) is 20.1 Å². The number of methoxy groups -OCH3 is 2. The zero-order valence-corrected chi connectivity index (χ0v) is 17.7. The Balaban J connectivity index is 1.93. The molecule has 1 aromatic carbocycles. The molecule has 1 aliphatic rings. The van der Waals surface area contributed by atoms with Gasteiger partial charge in [-0.05, 0) is 42.4 Å². The van der Waals surface area contributed by atoms with Crippen LogP contribution in [-0.2, 0) is 19.7 Å². The van der Waals surface area contributed by atoms with E-state index in [2.05, 4.69) is 26.1 Å². The minimum atomic E-state index is -0.190. The van der Waals surface area contributed by atoms with Gasteiger partial charge in [0.15, 0.2) is 6.61 Å². The van der Waals surface area contributed by atoms with Crippen LogP contribution in [0.5, 0.6) is 11.5 Å². The molecule has 0 bridgehead atoms. The van der Waals surface area contributed by atoms with E-state index in [0.29, 0.717) is 12.3 Å². The van der Waals surface area contributed by atoms with Gasteiger partial charge in [0.2, 0.25) is 0 Å². The van der Waals surface area contributed by atoms with E-state index in [9.17, 15) is 9.59 Å². The second kappa shape index (κ2) is 9.80. The van der Waals surface area contributed by atoms with Gasteiger partial charge in [0, 0.05) is 12.1 Å². The highest BCUT2D eigenvalue weighted by molar-refractivity contribution is 5.78. The number of amides is 1. The Bertz CT molecular complexity index is 680. The molecule has 2 atom stereocenters. The summed E-state index contributed by atoms with van der Waals surface area (Å²) in [5, 5.41) is 2.92. The number of carbonyl (C=O) groups is 2. The van der Waals surface area contributed by atoms with Crippen molar-refractivity contribution in [2.24, 2.45) is 11.8 Å². The average Bonchev–Trinajstić information content (AvgIpc) is 2.69. The van der Waals surface area contributed by atoms with Gasteiger partial charge in [0.25, 0.3) is 5.91 Å². The first-order valence-electron chi connectivity index (χ1n) is 9.92. The molecule has 0 spiro atoms. The minimum Gasteiger partial charge on any atom is -0.497 e. The topological polar surface area (TPSA) is 73.9 Å². The van der Waals surface area contributed by atoms with E-state index in [1.165, 1.54) is 7.11 Å². The SMILES string of the molecule is COC(=O)C1CCCCC1CNC(=O)COc1ccc(OC)cc1C(C)(C)C. The summed E-state index contributed by atoms with van der Waals surface area (Å²) in [5.41, 5.74) is 0.841. The molecule has 6 heteroatoms. The molecule has 1 fully saturated rings. The number of esters is 1. The lowest BCUT2D eigenvalue weighted by atomic mass is 9.79. The summed E-state index contributed by atoms with van der Waals surface area (Å²) in [5.74, 6) is 1.06. The fraction of sp³-hybridized carbons (Fsp3) is 0.636. The lowest BCUT2D eigenvalue weighted by Gasteiger charge is -2.29. The minimum absolute atomic E-state index is 0.0645. The molecule has 0 aliphatic heterocycles. The summed E-state index contributed by atoms with van der Waals surface area (Å²) in [6.45, 7) is 6.67. The highest BCUT2D eigenvalue weighted by Crippen LogP contribution is 2.34. The van der Waals surface area contributed by atoms with E-state index in [1.807, 2.05) is 18.2 Å². The standard InChI is InChI=1S/C22H33NO5/c1-22(2,3)18-12-16(26-4)10-11-19(18)28-14-20(24)23-13-15-8-6-7-9-17(15)21(25)27-5/h10-12,15,17H,6-9,13-14H2,1-5H3,(H,23,24). The van der Waals surface area contributed by atoms with Gasteiger partial charge in [-0.2, -0.15) is 0 Å². The molecule has 0 radical (unpaired) electrons. The first kappa shape index (κ1) is 22.1. The first-order valence-corrected chi connectivity index (χ1v) is 9.92. The maximum absolute atomic E-state index is 12.3. The molecule has 6 nitrogen and oxygen atoms in total. The molecule has 28 heavy (non-hydrogen) atoms. The second-order valence-corrected chi connectivity index (χ2v) is 8.38. The smallest absolute Gasteiger partial charge is 0.309 e. The lowest BCUT2D eigenvalue weighted by Crippen LogP contribution is -2.39. The summed E-state index contributed by atoms with van der Waals surface area (Å²) < 4.78 is 16.0. The summed E-state index contributed by atoms with van der Waals surface area (Å²) in [4.78, 5) is 24.3. The predicted octanol–water partition coefficient (Wildman–Crippen LogP) is 3.47. The highest BCUT2D eigenvalue weighted by Gasteiger charge is 2.31. The maximum Gasteiger partial charge on any atom is 0.309 e. The molecular weight excluding hydrogens is 358 g/mol. The number of nitrogens with one attached hydrogen (secondary N) is 1. The first-order chi connectivity index (χ1) is 13.3. The van der Waals surface area contributed by atoms with Crippen LogP contribution in [0.3, 0.4) is 0 Å². The molecule has 2 rings (SSSR count). The van der Waals surface area contributed by atoms with Crippen LogP contribution in [0.15, 0.2) is 18.2 Å². The fourth-order valence-electron chi connectivity index (χ4n) is 3.70. The summed E-state index contributed by atoms with van der Waals surface area (Å²) in [6, 6.07) is 5.60. The van der Waals surface area contributed by atoms with Gasteiger partial charge >= 0.3 is 5.97 Å². The monoisotopic (exact) mass is 391 g/mol. The second-order valence-electron chi connectivity index (χ2n) is 8.38. The van der Waals surface area contributed by atoms with E-state index in [1.54, 1.807) is 7.11 Å². The van der Waals surface area contributed by atoms with Crippen LogP contribution >= 0.6 is 0 Å². The number of carbonyl (C=O) groups excluding carboxylic acids is 2. The molecule has 2 unspecified atom stereocenters. The van der Waals surface area contributed by atoms with Crippen molar-refractivity contribution in [1.82, 2.24) is 5.32 Å². The summed E-state index contributed by atoms with van der Waals surface area (Å²) >= 11 is 0. The quantitative estimate of drug-likeness (QED) is 0.721. The molecule has 0 saturated heterocycles. The zero-order chi connectivity index (χ0) is 20.7. The molecule has 1 N–H and O–H groups in total. The highest BCUT2D eigenvalue weighted by atomic mass is 16.5. The van der Waals surface area contributed by atoms with Crippen molar-refractivity contribution in [3.05, 3.63) is 23.8 Å². The van der Waals surface area contributed by atoms with E-state index in [-0.39, 0.29) is 35.7 Å². The van der Waals surface area contributed by atoms with Gasteiger partial charge in [0.1, 0.15) is 11.5 Å². The fourth-order valence-corrected chi connectivity index (χ4v) is 3.70. The van der Waals surface area contributed by atoms with Crippen molar-refractivity contribution in [1.29, 1.82) is 0 Å². The van der Waals surface area contributed by atoms with Crippen LogP contribution in [0.1, 0.15) is 52.0 Å². The molecule has 1 aromatic rings. The van der Waals surface area contributed by atoms with Gasteiger partial charge in [-0.1, -0.05) is 33.6 Å². The molecule has 0 aromatic heterocycles. The van der Waals surface area contributed by atoms with Crippen molar-refractivity contribution in [2.45, 2.75) is 51.9 Å². The summed E-state index contributed by atoms with van der Waals surface area (Å²) in [7, 11) is 3.05. The third kappa shape index (κ3) is 5.88. The number of ether oxygens (including phenoxy) is 3. The van der Waals surface area contributed by atoms with Crippen LogP contribution in [0.2, 0.25) is 0 Å². The Kier molecular flexibility index (Phi) is 7.72. The van der Waals surface area contributed by atoms with Crippen LogP contribution in [0.25, 0.3) is 0 Å². The Morgan fingerprint density at radius 1 is 1.14 bits per heavy atom. The molecule has 1 saturated carbocycles. The Morgan fingerprint density at radius 3 is 2.50 bits per heavy atom. The largest absolute Gasteiger partial charge is 0.497 e. The van der Waals surface area contributed by atoms with Crippen molar-refractivity contribution in [3.63, 3.8) is 0 Å². The van der Waals surface area contributed by atoms with Crippen LogP contribution in [0.4, 0.5) is 0 Å². The Morgan fingerprint density at radius 2 is 1.86 bits per heavy atom.